The molecule has 2 heteroatoms. The number of Topliss-reactive ketones (excluding diaryl/α,β-unsaturated/α-hetero) is 1. The Morgan fingerprint density at radius 2 is 2.31 bits per heavy atom. The maximum absolute atomic E-state index is 11.9. The quantitative estimate of drug-likeness (QED) is 0.408. The van der Waals surface area contributed by atoms with Crippen LogP contribution in [0.15, 0.2) is 37.2 Å². The van der Waals surface area contributed by atoms with E-state index in [9.17, 15) is 4.79 Å². The number of ketones is 1. The lowest BCUT2D eigenvalue weighted by molar-refractivity contribution is -0.687. The predicted molar refractivity (Wildman–Crippen MR) is 65.2 cm³/mol. The minimum Gasteiger partial charge on any atom is -0.294 e. The second kappa shape index (κ2) is 6.21. The van der Waals surface area contributed by atoms with Gasteiger partial charge in [0.2, 0.25) is 0 Å². The van der Waals surface area contributed by atoms with Gasteiger partial charge in [0.15, 0.2) is 24.7 Å². The molecule has 0 N–H and O–H groups in total. The zero-order valence-electron chi connectivity index (χ0n) is 10.1. The molecule has 0 bridgehead atoms. The second-order valence-corrected chi connectivity index (χ2v) is 4.43. The van der Waals surface area contributed by atoms with Gasteiger partial charge in [0.1, 0.15) is 0 Å². The Bertz CT molecular complexity index is 369. The molecule has 1 heterocycles. The molecule has 1 rings (SSSR count). The van der Waals surface area contributed by atoms with Crippen LogP contribution >= 0.6 is 0 Å². The van der Waals surface area contributed by atoms with Crippen LogP contribution in [0.3, 0.4) is 0 Å². The average molecular weight is 218 g/mol. The maximum Gasteiger partial charge on any atom is 0.179 e. The fourth-order valence-electron chi connectivity index (χ4n) is 1.51. The maximum atomic E-state index is 11.9. The lowest BCUT2D eigenvalue weighted by atomic mass is 10.0. The van der Waals surface area contributed by atoms with Gasteiger partial charge in [0.25, 0.3) is 0 Å². The Labute approximate surface area is 97.6 Å². The molecule has 0 aromatic carbocycles. The topological polar surface area (TPSA) is 20.9 Å². The molecule has 0 radical (unpaired) electrons. The largest absolute Gasteiger partial charge is 0.294 e. The van der Waals surface area contributed by atoms with Crippen LogP contribution in [0.4, 0.5) is 0 Å². The molecule has 16 heavy (non-hydrogen) atoms. The van der Waals surface area contributed by atoms with E-state index in [0.29, 0.717) is 12.3 Å². The molecule has 0 aliphatic rings. The van der Waals surface area contributed by atoms with Gasteiger partial charge in [-0.3, -0.25) is 4.79 Å². The summed E-state index contributed by atoms with van der Waals surface area (Å²) in [7, 11) is 0. The van der Waals surface area contributed by atoms with Gasteiger partial charge in [-0.2, -0.15) is 0 Å². The lowest BCUT2D eigenvalue weighted by Crippen LogP contribution is -2.32. The summed E-state index contributed by atoms with van der Waals surface area (Å²) >= 11 is 0. The van der Waals surface area contributed by atoms with Crippen molar-refractivity contribution in [3.8, 4) is 0 Å². The summed E-state index contributed by atoms with van der Waals surface area (Å²) < 4.78 is 1.97. The molecule has 0 saturated carbocycles. The third-order valence-electron chi connectivity index (χ3n) is 2.47. The van der Waals surface area contributed by atoms with Gasteiger partial charge >= 0.3 is 0 Å². The van der Waals surface area contributed by atoms with Gasteiger partial charge in [-0.15, -0.1) is 0 Å². The number of aromatic nitrogens is 1. The van der Waals surface area contributed by atoms with E-state index in [4.69, 9.17) is 0 Å². The minimum atomic E-state index is 0.229. The summed E-state index contributed by atoms with van der Waals surface area (Å²) in [6.45, 7) is 8.70. The molecule has 0 unspecified atom stereocenters. The van der Waals surface area contributed by atoms with Gasteiger partial charge < -0.3 is 0 Å². The number of pyridine rings is 1. The van der Waals surface area contributed by atoms with Crippen molar-refractivity contribution in [3.05, 3.63) is 42.7 Å². The highest BCUT2D eigenvalue weighted by atomic mass is 16.1. The van der Waals surface area contributed by atoms with Crippen LogP contribution in [-0.4, -0.2) is 5.78 Å². The van der Waals surface area contributed by atoms with Gasteiger partial charge in [-0.05, 0) is 24.5 Å². The first-order chi connectivity index (χ1) is 7.63. The van der Waals surface area contributed by atoms with Crippen molar-refractivity contribution in [1.29, 1.82) is 0 Å². The molecule has 2 nitrogen and oxygen atoms in total. The molecular weight excluding hydrogens is 198 g/mol. The molecule has 0 fully saturated rings. The highest BCUT2D eigenvalue weighted by molar-refractivity contribution is 5.95. The summed E-state index contributed by atoms with van der Waals surface area (Å²) in [5, 5.41) is 0. The number of carbonyl (C=O) groups is 1. The van der Waals surface area contributed by atoms with Crippen LogP contribution in [0.2, 0.25) is 0 Å². The molecule has 0 aliphatic carbocycles. The summed E-state index contributed by atoms with van der Waals surface area (Å²) in [6, 6.07) is 3.79. The molecule has 86 valence electrons. The summed E-state index contributed by atoms with van der Waals surface area (Å²) in [4.78, 5) is 11.9. The number of nitrogens with zero attached hydrogens (tertiary/aromatic N) is 1. The predicted octanol–water partition coefficient (Wildman–Crippen LogP) is 2.78. The van der Waals surface area contributed by atoms with Crippen LogP contribution in [-0.2, 0) is 6.54 Å². The lowest BCUT2D eigenvalue weighted by Gasteiger charge is -2.03. The van der Waals surface area contributed by atoms with Gasteiger partial charge in [0.05, 0.1) is 5.56 Å². The van der Waals surface area contributed by atoms with Crippen molar-refractivity contribution in [2.45, 2.75) is 33.2 Å². The van der Waals surface area contributed by atoms with Crippen molar-refractivity contribution in [1.82, 2.24) is 0 Å². The van der Waals surface area contributed by atoms with E-state index in [1.807, 2.05) is 35.2 Å². The second-order valence-electron chi connectivity index (χ2n) is 4.43. The van der Waals surface area contributed by atoms with Crippen molar-refractivity contribution >= 4 is 5.78 Å². The summed E-state index contributed by atoms with van der Waals surface area (Å²) in [5.74, 6) is 0.806. The summed E-state index contributed by atoms with van der Waals surface area (Å²) in [6.07, 6.45) is 7.25. The molecule has 1 aromatic rings. The van der Waals surface area contributed by atoms with Crippen molar-refractivity contribution in [2.75, 3.05) is 0 Å². The van der Waals surface area contributed by atoms with E-state index in [2.05, 4.69) is 20.4 Å². The molecule has 0 saturated heterocycles. The Morgan fingerprint density at radius 3 is 2.94 bits per heavy atom. The monoisotopic (exact) mass is 218 g/mol. The fourth-order valence-corrected chi connectivity index (χ4v) is 1.51. The van der Waals surface area contributed by atoms with Crippen molar-refractivity contribution in [2.24, 2.45) is 5.92 Å². The first-order valence-corrected chi connectivity index (χ1v) is 5.76. The van der Waals surface area contributed by atoms with E-state index < -0.39 is 0 Å². The van der Waals surface area contributed by atoms with Crippen molar-refractivity contribution < 1.29 is 9.36 Å². The van der Waals surface area contributed by atoms with Gasteiger partial charge in [0, 0.05) is 12.5 Å². The molecule has 1 aromatic heterocycles. The fraction of sp³-hybridized carbons (Fsp3) is 0.429. The standard InChI is InChI=1S/C14H20NO/c1-4-9-15-10-5-6-13(11-15)14(16)8-7-12(2)3/h4-6,10-12H,1,7-9H2,2-3H3/q+1. The number of carbonyl (C=O) groups excluding carboxylic acids is 1. The zero-order chi connectivity index (χ0) is 12.0. The number of rotatable bonds is 6. The van der Waals surface area contributed by atoms with E-state index in [1.165, 1.54) is 0 Å². The molecule has 0 aliphatic heterocycles. The molecular formula is C14H20NO+. The van der Waals surface area contributed by atoms with Crippen LogP contribution in [0, 0.1) is 5.92 Å². The average Bonchev–Trinajstić information content (AvgIpc) is 2.26. The van der Waals surface area contributed by atoms with Crippen LogP contribution in [0.1, 0.15) is 37.0 Å². The van der Waals surface area contributed by atoms with Gasteiger partial charge in [-0.1, -0.05) is 20.4 Å². The van der Waals surface area contributed by atoms with E-state index in [1.54, 1.807) is 0 Å². The highest BCUT2D eigenvalue weighted by Gasteiger charge is 2.10. The Morgan fingerprint density at radius 1 is 1.56 bits per heavy atom. The van der Waals surface area contributed by atoms with E-state index in [0.717, 1.165) is 18.5 Å². The normalized spacial score (nSPS) is 10.4. The van der Waals surface area contributed by atoms with E-state index >= 15 is 0 Å². The number of allylic oxidation sites excluding steroid dienone is 1. The third-order valence-corrected chi connectivity index (χ3v) is 2.47. The molecule has 0 atom stereocenters. The molecule has 0 amide bonds. The first-order valence-electron chi connectivity index (χ1n) is 5.76. The van der Waals surface area contributed by atoms with Crippen LogP contribution < -0.4 is 4.57 Å². The van der Waals surface area contributed by atoms with Crippen LogP contribution in [0.25, 0.3) is 0 Å². The minimum absolute atomic E-state index is 0.229. The van der Waals surface area contributed by atoms with Crippen molar-refractivity contribution in [3.63, 3.8) is 0 Å². The van der Waals surface area contributed by atoms with Crippen LogP contribution in [0.5, 0.6) is 0 Å². The Hall–Kier alpha value is -1.44. The van der Waals surface area contributed by atoms with Gasteiger partial charge in [-0.25, -0.2) is 4.57 Å². The number of hydrogen-bond acceptors (Lipinski definition) is 1. The molecule has 0 spiro atoms. The first kappa shape index (κ1) is 12.6. The smallest absolute Gasteiger partial charge is 0.179 e. The Balaban J connectivity index is 2.67. The number of hydrogen-bond donors (Lipinski definition) is 0. The summed E-state index contributed by atoms with van der Waals surface area (Å²) in [5.41, 5.74) is 0.796. The van der Waals surface area contributed by atoms with E-state index in [-0.39, 0.29) is 5.78 Å². The Kier molecular flexibility index (Phi) is 4.90. The highest BCUT2D eigenvalue weighted by Crippen LogP contribution is 2.08. The third kappa shape index (κ3) is 3.97. The SMILES string of the molecule is C=CC[n+]1cccc(C(=O)CCC(C)C)c1. The zero-order valence-corrected chi connectivity index (χ0v) is 10.1.